The first-order chi connectivity index (χ1) is 10.2. The summed E-state index contributed by atoms with van der Waals surface area (Å²) in [4.78, 5) is 7.07. The van der Waals surface area contributed by atoms with Gasteiger partial charge in [-0.05, 0) is 31.4 Å². The quantitative estimate of drug-likeness (QED) is 0.837. The van der Waals surface area contributed by atoms with Crippen molar-refractivity contribution < 1.29 is 4.74 Å². The number of aromatic nitrogens is 1. The van der Waals surface area contributed by atoms with Crippen LogP contribution in [0.25, 0.3) is 0 Å². The van der Waals surface area contributed by atoms with E-state index in [9.17, 15) is 0 Å². The highest BCUT2D eigenvalue weighted by Crippen LogP contribution is 2.24. The average Bonchev–Trinajstić information content (AvgIpc) is 2.55. The molecule has 0 unspecified atom stereocenters. The Balaban J connectivity index is 1.91. The molecule has 1 saturated heterocycles. The molecule has 0 atom stereocenters. The summed E-state index contributed by atoms with van der Waals surface area (Å²) < 4.78 is 5.50. The third kappa shape index (κ3) is 4.25. The zero-order valence-electron chi connectivity index (χ0n) is 13.7. The van der Waals surface area contributed by atoms with Crippen LogP contribution in [0.2, 0.25) is 0 Å². The maximum absolute atomic E-state index is 5.50. The molecule has 0 bridgehead atoms. The molecule has 4 nitrogen and oxygen atoms in total. The summed E-state index contributed by atoms with van der Waals surface area (Å²) in [5.41, 5.74) is 2.57. The first-order valence-electron chi connectivity index (χ1n) is 8.15. The summed E-state index contributed by atoms with van der Waals surface area (Å²) in [7, 11) is 0. The molecule has 0 aromatic carbocycles. The molecule has 0 spiro atoms. The van der Waals surface area contributed by atoms with Crippen molar-refractivity contribution in [1.29, 1.82) is 0 Å². The first-order valence-corrected chi connectivity index (χ1v) is 8.15. The van der Waals surface area contributed by atoms with Crippen molar-refractivity contribution in [2.75, 3.05) is 32.8 Å². The highest BCUT2D eigenvalue weighted by Gasteiger charge is 2.33. The molecule has 0 radical (unpaired) electrons. The topological polar surface area (TPSA) is 37.4 Å². The molecule has 21 heavy (non-hydrogen) atoms. The van der Waals surface area contributed by atoms with Gasteiger partial charge in [0, 0.05) is 37.9 Å². The van der Waals surface area contributed by atoms with E-state index in [0.717, 1.165) is 57.9 Å². The maximum atomic E-state index is 5.50. The fraction of sp³-hybridized carbons (Fsp3) is 0.706. The van der Waals surface area contributed by atoms with Crippen molar-refractivity contribution in [3.8, 4) is 0 Å². The Hall–Kier alpha value is -0.970. The lowest BCUT2D eigenvalue weighted by molar-refractivity contribution is -0.0260. The van der Waals surface area contributed by atoms with Crippen LogP contribution in [0.3, 0.4) is 0 Å². The van der Waals surface area contributed by atoms with Gasteiger partial charge in [0.05, 0.1) is 18.9 Å². The molecule has 0 aliphatic carbocycles. The highest BCUT2D eigenvalue weighted by molar-refractivity contribution is 5.12. The fourth-order valence-corrected chi connectivity index (χ4v) is 3.12. The van der Waals surface area contributed by atoms with Crippen molar-refractivity contribution in [2.24, 2.45) is 0 Å². The summed E-state index contributed by atoms with van der Waals surface area (Å²) in [6, 6.07) is 4.23. The standard InChI is InChI=1S/C17H29N3O/c1-4-17(5-2,20-8-10-21-11-9-20)14-18-13-16-7-6-15(3)12-19-16/h6-7,12,18H,4-5,8-11,13-14H2,1-3H3. The largest absolute Gasteiger partial charge is 0.379 e. The number of nitrogens with zero attached hydrogens (tertiary/aromatic N) is 2. The highest BCUT2D eigenvalue weighted by atomic mass is 16.5. The van der Waals surface area contributed by atoms with Crippen LogP contribution < -0.4 is 5.32 Å². The zero-order valence-corrected chi connectivity index (χ0v) is 13.7. The third-order valence-electron chi connectivity index (χ3n) is 4.73. The molecule has 0 amide bonds. The Labute approximate surface area is 128 Å². The van der Waals surface area contributed by atoms with E-state index in [1.165, 1.54) is 5.56 Å². The molecule has 1 aromatic heterocycles. The number of hydrogen-bond acceptors (Lipinski definition) is 4. The molecule has 1 aliphatic heterocycles. The fourth-order valence-electron chi connectivity index (χ4n) is 3.12. The normalized spacial score (nSPS) is 17.1. The lowest BCUT2D eigenvalue weighted by Gasteiger charge is -2.45. The van der Waals surface area contributed by atoms with Crippen LogP contribution in [0.4, 0.5) is 0 Å². The van der Waals surface area contributed by atoms with Crippen LogP contribution in [-0.4, -0.2) is 48.3 Å². The minimum atomic E-state index is 0.245. The summed E-state index contributed by atoms with van der Waals surface area (Å²) in [6.45, 7) is 12.3. The van der Waals surface area contributed by atoms with E-state index >= 15 is 0 Å². The van der Waals surface area contributed by atoms with Crippen molar-refractivity contribution in [3.05, 3.63) is 29.6 Å². The predicted octanol–water partition coefficient (Wildman–Crippen LogP) is 2.37. The van der Waals surface area contributed by atoms with Gasteiger partial charge in [-0.25, -0.2) is 0 Å². The van der Waals surface area contributed by atoms with Crippen LogP contribution in [0.15, 0.2) is 18.3 Å². The number of pyridine rings is 1. The minimum Gasteiger partial charge on any atom is -0.379 e. The third-order valence-corrected chi connectivity index (χ3v) is 4.73. The predicted molar refractivity (Wildman–Crippen MR) is 86.4 cm³/mol. The Morgan fingerprint density at radius 1 is 1.24 bits per heavy atom. The van der Waals surface area contributed by atoms with Gasteiger partial charge in [0.1, 0.15) is 0 Å². The van der Waals surface area contributed by atoms with E-state index < -0.39 is 0 Å². The molecule has 1 aromatic rings. The van der Waals surface area contributed by atoms with Gasteiger partial charge in [-0.3, -0.25) is 9.88 Å². The van der Waals surface area contributed by atoms with E-state index in [-0.39, 0.29) is 5.54 Å². The van der Waals surface area contributed by atoms with Crippen molar-refractivity contribution >= 4 is 0 Å². The molecular weight excluding hydrogens is 262 g/mol. The van der Waals surface area contributed by atoms with Gasteiger partial charge < -0.3 is 10.1 Å². The van der Waals surface area contributed by atoms with E-state index in [2.05, 4.69) is 48.1 Å². The summed E-state index contributed by atoms with van der Waals surface area (Å²) in [5, 5.41) is 3.62. The molecule has 1 N–H and O–H groups in total. The van der Waals surface area contributed by atoms with E-state index in [0.29, 0.717) is 0 Å². The lowest BCUT2D eigenvalue weighted by atomic mass is 9.90. The molecule has 4 heteroatoms. The van der Waals surface area contributed by atoms with Crippen LogP contribution in [0.1, 0.15) is 37.9 Å². The Morgan fingerprint density at radius 2 is 1.95 bits per heavy atom. The molecule has 0 saturated carbocycles. The van der Waals surface area contributed by atoms with Gasteiger partial charge in [0.2, 0.25) is 0 Å². The number of rotatable bonds is 7. The number of nitrogens with one attached hydrogen (secondary N) is 1. The summed E-state index contributed by atoms with van der Waals surface area (Å²) in [5.74, 6) is 0. The number of morpholine rings is 1. The van der Waals surface area contributed by atoms with Crippen molar-refractivity contribution in [1.82, 2.24) is 15.2 Å². The smallest absolute Gasteiger partial charge is 0.0594 e. The van der Waals surface area contributed by atoms with Crippen LogP contribution >= 0.6 is 0 Å². The summed E-state index contributed by atoms with van der Waals surface area (Å²) >= 11 is 0. The summed E-state index contributed by atoms with van der Waals surface area (Å²) in [6.07, 6.45) is 4.27. The monoisotopic (exact) mass is 291 g/mol. The maximum Gasteiger partial charge on any atom is 0.0594 e. The molecule has 2 rings (SSSR count). The van der Waals surface area contributed by atoms with E-state index in [1.807, 2.05) is 6.20 Å². The van der Waals surface area contributed by atoms with Crippen LogP contribution in [0.5, 0.6) is 0 Å². The van der Waals surface area contributed by atoms with Crippen LogP contribution in [0, 0.1) is 6.92 Å². The lowest BCUT2D eigenvalue weighted by Crippen LogP contribution is -2.57. The second-order valence-electron chi connectivity index (χ2n) is 5.96. The Morgan fingerprint density at radius 3 is 2.52 bits per heavy atom. The van der Waals surface area contributed by atoms with Crippen molar-refractivity contribution in [2.45, 2.75) is 45.7 Å². The van der Waals surface area contributed by atoms with Gasteiger partial charge in [0.15, 0.2) is 0 Å². The Kier molecular flexibility index (Phi) is 6.15. The van der Waals surface area contributed by atoms with Crippen molar-refractivity contribution in [3.63, 3.8) is 0 Å². The number of ether oxygens (including phenoxy) is 1. The minimum absolute atomic E-state index is 0.245. The Bertz CT molecular complexity index is 409. The number of hydrogen-bond donors (Lipinski definition) is 1. The van der Waals surface area contributed by atoms with Gasteiger partial charge in [-0.15, -0.1) is 0 Å². The SMILES string of the molecule is CCC(CC)(CNCc1ccc(C)cn1)N1CCOCC1. The first kappa shape index (κ1) is 16.4. The van der Waals surface area contributed by atoms with Crippen LogP contribution in [-0.2, 0) is 11.3 Å². The molecule has 2 heterocycles. The molecule has 118 valence electrons. The molecule has 1 aliphatic rings. The van der Waals surface area contributed by atoms with Gasteiger partial charge in [0.25, 0.3) is 0 Å². The second kappa shape index (κ2) is 7.87. The molecular formula is C17H29N3O. The van der Waals surface area contributed by atoms with E-state index in [4.69, 9.17) is 4.74 Å². The number of aryl methyl sites for hydroxylation is 1. The van der Waals surface area contributed by atoms with Gasteiger partial charge in [-0.1, -0.05) is 19.9 Å². The van der Waals surface area contributed by atoms with Gasteiger partial charge in [-0.2, -0.15) is 0 Å². The van der Waals surface area contributed by atoms with E-state index in [1.54, 1.807) is 0 Å². The average molecular weight is 291 g/mol. The second-order valence-corrected chi connectivity index (χ2v) is 5.96. The molecule has 1 fully saturated rings. The van der Waals surface area contributed by atoms with Gasteiger partial charge >= 0.3 is 0 Å². The zero-order chi connectivity index (χ0) is 15.1.